The van der Waals surface area contributed by atoms with Gasteiger partial charge in [0.25, 0.3) is 0 Å². The summed E-state index contributed by atoms with van der Waals surface area (Å²) in [6.45, 7) is 1.35. The molecular weight excluding hydrogens is 659 g/mol. The second-order valence-corrected chi connectivity index (χ2v) is 12.6. The number of hydrogen-bond donors (Lipinski definition) is 3. The molecule has 6 rings (SSSR count). The van der Waals surface area contributed by atoms with Crippen LogP contribution in [0.15, 0.2) is 35.3 Å². The zero-order chi connectivity index (χ0) is 34.3. The third kappa shape index (κ3) is 6.79. The zero-order valence-electron chi connectivity index (χ0n) is 25.6. The van der Waals surface area contributed by atoms with Crippen LogP contribution in [0.25, 0.3) is 11.0 Å². The van der Waals surface area contributed by atoms with E-state index in [2.05, 4.69) is 10.3 Å². The van der Waals surface area contributed by atoms with Crippen LogP contribution in [0.3, 0.4) is 0 Å². The van der Waals surface area contributed by atoms with E-state index in [9.17, 15) is 33.7 Å². The number of carbonyl (C=O) groups excluding carboxylic acids is 2. The summed E-state index contributed by atoms with van der Waals surface area (Å²) in [5.41, 5.74) is -2.32. The van der Waals surface area contributed by atoms with Crippen LogP contribution < -0.4 is 25.3 Å². The van der Waals surface area contributed by atoms with Gasteiger partial charge in [-0.15, -0.1) is 9.42 Å². The molecule has 1 saturated carbocycles. The van der Waals surface area contributed by atoms with E-state index in [1.54, 1.807) is 9.47 Å². The molecule has 2 aromatic heterocycles. The topological polar surface area (TPSA) is 190 Å². The largest absolute Gasteiger partial charge is 0.695 e. The number of carboxylic acid groups (broad SMARTS) is 1. The molecule has 3 aromatic rings. The molecule has 0 spiro atoms. The Balaban J connectivity index is 1.16. The summed E-state index contributed by atoms with van der Waals surface area (Å²) in [4.78, 5) is 64.8. The number of piperidine rings is 1. The minimum atomic E-state index is -3.11. The Morgan fingerprint density at radius 1 is 1.17 bits per heavy atom. The van der Waals surface area contributed by atoms with E-state index in [1.807, 2.05) is 0 Å². The van der Waals surface area contributed by atoms with Crippen molar-refractivity contribution in [3.05, 3.63) is 57.9 Å². The van der Waals surface area contributed by atoms with Gasteiger partial charge in [0.1, 0.15) is 23.9 Å². The number of ether oxygens (including phenoxy) is 2. The number of aromatic nitrogens is 2. The van der Waals surface area contributed by atoms with Crippen molar-refractivity contribution in [2.45, 2.75) is 50.4 Å². The van der Waals surface area contributed by atoms with Crippen LogP contribution in [0.1, 0.15) is 49.0 Å². The van der Waals surface area contributed by atoms with E-state index in [0.717, 1.165) is 25.0 Å². The number of cyclic esters (lactones) is 1. The maximum absolute atomic E-state index is 15.4. The predicted octanol–water partition coefficient (Wildman–Crippen LogP) is 3.25. The Bertz CT molecular complexity index is 1880. The van der Waals surface area contributed by atoms with Crippen molar-refractivity contribution in [2.24, 2.45) is 0 Å². The molecule has 4 heterocycles. The SMILES string of the molecule is CC(=O)NCC1CN(c2ccc(OCC3(O[P+](=O)O)CCN(c4nc5c(cc4F)c(=O)c(C(=O)O)cn5C4CC4)CC3)c(F)c2)C(=O)O1. The predicted molar refractivity (Wildman–Crippen MR) is 164 cm³/mol. The normalized spacial score (nSPS) is 19.3. The number of fused-ring (bicyclic) bond motifs is 1. The Hall–Kier alpha value is -4.73. The van der Waals surface area contributed by atoms with E-state index in [0.29, 0.717) is 0 Å². The van der Waals surface area contributed by atoms with Gasteiger partial charge >= 0.3 is 20.3 Å². The van der Waals surface area contributed by atoms with Crippen LogP contribution in [-0.4, -0.2) is 82.0 Å². The lowest BCUT2D eigenvalue weighted by Gasteiger charge is -2.38. The Morgan fingerprint density at radius 2 is 1.90 bits per heavy atom. The van der Waals surface area contributed by atoms with Crippen molar-refractivity contribution >= 4 is 48.8 Å². The number of carboxylic acids is 1. The first-order valence-electron chi connectivity index (χ1n) is 15.1. The monoisotopic (exact) mass is 690 g/mol. The van der Waals surface area contributed by atoms with Crippen molar-refractivity contribution in [3.8, 4) is 5.75 Å². The highest BCUT2D eigenvalue weighted by Crippen LogP contribution is 2.39. The first kappa shape index (κ1) is 33.2. The van der Waals surface area contributed by atoms with Gasteiger partial charge in [-0.25, -0.2) is 23.4 Å². The van der Waals surface area contributed by atoms with Gasteiger partial charge < -0.3 is 29.4 Å². The van der Waals surface area contributed by atoms with Crippen molar-refractivity contribution in [2.75, 3.05) is 42.6 Å². The number of nitrogens with zero attached hydrogens (tertiary/aromatic N) is 4. The lowest BCUT2D eigenvalue weighted by atomic mass is 9.92. The number of halogens is 2. The highest BCUT2D eigenvalue weighted by atomic mass is 31.1. The van der Waals surface area contributed by atoms with Crippen molar-refractivity contribution in [3.63, 3.8) is 0 Å². The molecule has 2 amide bonds. The minimum Gasteiger partial charge on any atom is -0.487 e. The molecule has 3 aliphatic rings. The number of pyridine rings is 2. The van der Waals surface area contributed by atoms with Gasteiger partial charge in [0.2, 0.25) is 11.3 Å². The Kier molecular flexibility index (Phi) is 9.02. The molecule has 254 valence electrons. The van der Waals surface area contributed by atoms with E-state index in [1.165, 1.54) is 30.2 Å². The molecule has 0 radical (unpaired) electrons. The van der Waals surface area contributed by atoms with Gasteiger partial charge in [-0.1, -0.05) is 0 Å². The van der Waals surface area contributed by atoms with Crippen molar-refractivity contribution in [1.82, 2.24) is 14.9 Å². The van der Waals surface area contributed by atoms with Crippen molar-refractivity contribution in [1.29, 1.82) is 0 Å². The number of aromatic carboxylic acids is 1. The summed E-state index contributed by atoms with van der Waals surface area (Å²) >= 11 is 0. The van der Waals surface area contributed by atoms with Gasteiger partial charge in [0.15, 0.2) is 28.8 Å². The van der Waals surface area contributed by atoms with Crippen LogP contribution in [0.4, 0.5) is 25.1 Å². The molecule has 2 atom stereocenters. The first-order chi connectivity index (χ1) is 22.8. The molecule has 18 heteroatoms. The summed E-state index contributed by atoms with van der Waals surface area (Å²) < 4.78 is 60.3. The van der Waals surface area contributed by atoms with Gasteiger partial charge in [-0.3, -0.25) is 14.5 Å². The lowest BCUT2D eigenvalue weighted by molar-refractivity contribution is -0.119. The summed E-state index contributed by atoms with van der Waals surface area (Å²) in [7, 11) is -3.11. The summed E-state index contributed by atoms with van der Waals surface area (Å²) in [5, 5.41) is 11.9. The number of anilines is 2. The van der Waals surface area contributed by atoms with E-state index in [-0.39, 0.29) is 85.9 Å². The maximum Gasteiger partial charge on any atom is 0.695 e. The molecule has 2 saturated heterocycles. The Morgan fingerprint density at radius 3 is 2.52 bits per heavy atom. The van der Waals surface area contributed by atoms with E-state index < -0.39 is 54.6 Å². The van der Waals surface area contributed by atoms with E-state index in [4.69, 9.17) is 14.0 Å². The zero-order valence-corrected chi connectivity index (χ0v) is 26.5. The average molecular weight is 691 g/mol. The fourth-order valence-corrected chi connectivity index (χ4v) is 6.44. The number of hydrogen-bond acceptors (Lipinski definition) is 10. The van der Waals surface area contributed by atoms with Gasteiger partial charge in [0.05, 0.1) is 24.2 Å². The van der Waals surface area contributed by atoms with Crippen molar-refractivity contribution < 1.29 is 51.7 Å². The fraction of sp³-hybridized carbons (Fsp3) is 0.433. The first-order valence-corrected chi connectivity index (χ1v) is 16.2. The number of amides is 2. The quantitative estimate of drug-likeness (QED) is 0.250. The number of carbonyl (C=O) groups is 3. The number of benzene rings is 1. The van der Waals surface area contributed by atoms with Gasteiger partial charge in [-0.05, 0) is 31.0 Å². The van der Waals surface area contributed by atoms with E-state index >= 15 is 8.78 Å². The van der Waals surface area contributed by atoms with Gasteiger partial charge in [0, 0.05) is 55.7 Å². The lowest BCUT2D eigenvalue weighted by Crippen LogP contribution is -2.49. The third-order valence-electron chi connectivity index (χ3n) is 8.53. The third-order valence-corrected chi connectivity index (χ3v) is 9.07. The minimum absolute atomic E-state index is 0.0518. The molecule has 48 heavy (non-hydrogen) atoms. The van der Waals surface area contributed by atoms with Gasteiger partial charge in [-0.2, -0.15) is 0 Å². The van der Waals surface area contributed by atoms with Crippen LogP contribution in [0.5, 0.6) is 5.75 Å². The Labute approximate surface area is 271 Å². The molecule has 2 aliphatic heterocycles. The molecule has 2 unspecified atom stereocenters. The fourth-order valence-electron chi connectivity index (χ4n) is 5.88. The van der Waals surface area contributed by atoms with Crippen LogP contribution in [-0.2, 0) is 18.6 Å². The molecule has 1 aromatic carbocycles. The average Bonchev–Trinajstić information content (AvgIpc) is 3.80. The molecule has 1 aliphatic carbocycles. The number of rotatable bonds is 11. The smallest absolute Gasteiger partial charge is 0.487 e. The summed E-state index contributed by atoms with van der Waals surface area (Å²) in [5.74, 6) is -3.65. The molecule has 3 N–H and O–H groups in total. The van der Waals surface area contributed by atoms with Crippen LogP contribution in [0, 0.1) is 11.6 Å². The highest BCUT2D eigenvalue weighted by Gasteiger charge is 2.45. The molecule has 3 fully saturated rings. The number of nitrogens with one attached hydrogen (secondary N) is 1. The summed E-state index contributed by atoms with van der Waals surface area (Å²) in [6, 6.07) is 4.73. The standard InChI is InChI=1S/C30H30F2N5O10P/c1-16(38)33-12-19-13-37(29(42)46-19)18-4-5-24(22(31)10-18)45-15-30(47-48(43)44)6-8-35(9-7-30)27-23(32)11-20-25(39)21(28(40)41)14-36(17-2-3-17)26(20)34-27/h4-5,10-11,14,17,19H,2-3,6-9,12-13,15H2,1H3,(H2-,33,38,40,41,43,44)/p+1. The second kappa shape index (κ2) is 13.1. The van der Waals surface area contributed by atoms with Crippen LogP contribution >= 0.6 is 8.25 Å². The molecular formula is C30H31F2N5O10P+. The molecule has 15 nitrogen and oxygen atoms in total. The molecule has 0 bridgehead atoms. The second-order valence-electron chi connectivity index (χ2n) is 11.9. The van der Waals surface area contributed by atoms with Crippen LogP contribution in [0.2, 0.25) is 0 Å². The summed E-state index contributed by atoms with van der Waals surface area (Å²) in [6.07, 6.45) is 1.52. The highest BCUT2D eigenvalue weighted by molar-refractivity contribution is 7.32. The maximum atomic E-state index is 15.4.